The second-order valence-electron chi connectivity index (χ2n) is 6.94. The smallest absolute Gasteiger partial charge is 0.408 e. The van der Waals surface area contributed by atoms with Crippen LogP contribution in [0.1, 0.15) is 16.7 Å². The summed E-state index contributed by atoms with van der Waals surface area (Å²) in [5.74, 6) is -0.459. The van der Waals surface area contributed by atoms with Crippen molar-refractivity contribution in [1.29, 1.82) is 5.26 Å². The molecule has 0 saturated carbocycles. The fourth-order valence-corrected chi connectivity index (χ4v) is 2.82. The first-order valence-electron chi connectivity index (χ1n) is 10.0. The zero-order valence-corrected chi connectivity index (χ0v) is 17.4. The number of hydrogen-bond acceptors (Lipinski definition) is 5. The highest BCUT2D eigenvalue weighted by molar-refractivity contribution is 5.96. The summed E-state index contributed by atoms with van der Waals surface area (Å²) in [5.41, 5.74) is 2.77. The summed E-state index contributed by atoms with van der Waals surface area (Å²) >= 11 is 0. The number of nitriles is 1. The van der Waals surface area contributed by atoms with E-state index >= 15 is 0 Å². The number of carbonyl (C=O) groups excluding carboxylic acids is 2. The molecule has 2 amide bonds. The molecule has 0 unspecified atom stereocenters. The van der Waals surface area contributed by atoms with Gasteiger partial charge >= 0.3 is 6.09 Å². The van der Waals surface area contributed by atoms with Gasteiger partial charge in [-0.1, -0.05) is 60.7 Å². The predicted molar refractivity (Wildman–Crippen MR) is 119 cm³/mol. The quantitative estimate of drug-likeness (QED) is 0.535. The first-order valence-corrected chi connectivity index (χ1v) is 10.0. The molecule has 0 spiro atoms. The Balaban J connectivity index is 1.59. The van der Waals surface area contributed by atoms with Crippen LogP contribution in [0.4, 0.5) is 10.5 Å². The molecular formula is C25H23N3O4. The lowest BCUT2D eigenvalue weighted by atomic mass is 10.2. The molecule has 0 radical (unpaired) electrons. The molecule has 2 N–H and O–H groups in total. The minimum atomic E-state index is -0.974. The van der Waals surface area contributed by atoms with E-state index in [1.54, 1.807) is 24.3 Å². The van der Waals surface area contributed by atoms with Gasteiger partial charge in [0.15, 0.2) is 0 Å². The van der Waals surface area contributed by atoms with Gasteiger partial charge in [0, 0.05) is 5.69 Å². The number of nitrogens with zero attached hydrogens (tertiary/aromatic N) is 1. The molecule has 0 aliphatic heterocycles. The van der Waals surface area contributed by atoms with Crippen LogP contribution < -0.4 is 10.6 Å². The molecule has 32 heavy (non-hydrogen) atoms. The molecule has 3 rings (SSSR count). The topological polar surface area (TPSA) is 100 Å². The fourth-order valence-electron chi connectivity index (χ4n) is 2.82. The van der Waals surface area contributed by atoms with Crippen LogP contribution >= 0.6 is 0 Å². The number of ether oxygens (including phenoxy) is 2. The van der Waals surface area contributed by atoms with Gasteiger partial charge in [0.05, 0.1) is 24.8 Å². The van der Waals surface area contributed by atoms with E-state index in [0.29, 0.717) is 17.9 Å². The van der Waals surface area contributed by atoms with Crippen LogP contribution in [-0.2, 0) is 27.5 Å². The van der Waals surface area contributed by atoms with Crippen molar-refractivity contribution < 1.29 is 19.1 Å². The van der Waals surface area contributed by atoms with E-state index in [9.17, 15) is 9.59 Å². The molecule has 1 atom stereocenters. The minimum Gasteiger partial charge on any atom is -0.445 e. The molecule has 0 saturated heterocycles. The number of rotatable bonds is 9. The molecule has 162 valence electrons. The summed E-state index contributed by atoms with van der Waals surface area (Å²) in [5, 5.41) is 14.2. The molecule has 0 fully saturated rings. The Bertz CT molecular complexity index is 1050. The summed E-state index contributed by atoms with van der Waals surface area (Å²) in [6.45, 7) is 0.335. The van der Waals surface area contributed by atoms with Crippen molar-refractivity contribution >= 4 is 17.7 Å². The van der Waals surface area contributed by atoms with Gasteiger partial charge in [-0.2, -0.15) is 5.26 Å². The highest BCUT2D eigenvalue weighted by Gasteiger charge is 2.22. The molecule has 0 aliphatic carbocycles. The fraction of sp³-hybridized carbons (Fsp3) is 0.160. The number of alkyl carbamates (subject to hydrolysis) is 1. The van der Waals surface area contributed by atoms with Crippen LogP contribution in [0.5, 0.6) is 0 Å². The van der Waals surface area contributed by atoms with Gasteiger partial charge in [0.1, 0.15) is 12.6 Å². The van der Waals surface area contributed by atoms with Crippen molar-refractivity contribution in [3.63, 3.8) is 0 Å². The van der Waals surface area contributed by atoms with E-state index in [0.717, 1.165) is 11.1 Å². The van der Waals surface area contributed by atoms with Crippen LogP contribution in [0.25, 0.3) is 0 Å². The van der Waals surface area contributed by atoms with Gasteiger partial charge in [-0.25, -0.2) is 4.79 Å². The summed E-state index contributed by atoms with van der Waals surface area (Å²) in [6.07, 6.45) is -0.725. The Morgan fingerprint density at radius 1 is 0.844 bits per heavy atom. The van der Waals surface area contributed by atoms with E-state index in [4.69, 9.17) is 14.7 Å². The van der Waals surface area contributed by atoms with Gasteiger partial charge in [0.25, 0.3) is 0 Å². The lowest BCUT2D eigenvalue weighted by Crippen LogP contribution is -2.47. The average molecular weight is 429 g/mol. The molecule has 3 aromatic rings. The SMILES string of the molecule is N#Cc1ccc(NC(=O)[C@H](COCc2ccccc2)NC(=O)OCc2ccccc2)cc1. The van der Waals surface area contributed by atoms with Gasteiger partial charge in [-0.15, -0.1) is 0 Å². The molecule has 0 bridgehead atoms. The zero-order valence-electron chi connectivity index (χ0n) is 17.4. The maximum Gasteiger partial charge on any atom is 0.408 e. The molecule has 0 aromatic heterocycles. The first kappa shape index (κ1) is 22.5. The Hall–Kier alpha value is -4.15. The Kier molecular flexibility index (Phi) is 8.37. The first-order chi connectivity index (χ1) is 15.6. The molecule has 7 nitrogen and oxygen atoms in total. The van der Waals surface area contributed by atoms with Gasteiger partial charge in [0.2, 0.25) is 5.91 Å². The Morgan fingerprint density at radius 2 is 1.44 bits per heavy atom. The number of amides is 2. The second-order valence-corrected chi connectivity index (χ2v) is 6.94. The lowest BCUT2D eigenvalue weighted by Gasteiger charge is -2.19. The van der Waals surface area contributed by atoms with Gasteiger partial charge < -0.3 is 20.1 Å². The summed E-state index contributed by atoms with van der Waals surface area (Å²) in [7, 11) is 0. The average Bonchev–Trinajstić information content (AvgIpc) is 2.84. The zero-order chi connectivity index (χ0) is 22.6. The van der Waals surface area contributed by atoms with Crippen molar-refractivity contribution in [2.45, 2.75) is 19.3 Å². The molecule has 3 aromatic carbocycles. The predicted octanol–water partition coefficient (Wildman–Crippen LogP) is 4.01. The van der Waals surface area contributed by atoms with Crippen LogP contribution in [-0.4, -0.2) is 24.6 Å². The van der Waals surface area contributed by atoms with Crippen LogP contribution in [0.3, 0.4) is 0 Å². The highest BCUT2D eigenvalue weighted by atomic mass is 16.5. The van der Waals surface area contributed by atoms with Crippen molar-refractivity contribution in [2.75, 3.05) is 11.9 Å². The Labute approximate surface area is 186 Å². The third-order valence-electron chi connectivity index (χ3n) is 4.50. The van der Waals surface area contributed by atoms with Crippen LogP contribution in [0.15, 0.2) is 84.9 Å². The number of hydrogen-bond donors (Lipinski definition) is 2. The maximum atomic E-state index is 12.8. The second kappa shape index (κ2) is 11.9. The number of carbonyl (C=O) groups is 2. The van der Waals surface area contributed by atoms with Crippen molar-refractivity contribution in [1.82, 2.24) is 5.32 Å². The third-order valence-corrected chi connectivity index (χ3v) is 4.50. The van der Waals surface area contributed by atoms with E-state index in [1.165, 1.54) is 0 Å². The lowest BCUT2D eigenvalue weighted by molar-refractivity contribution is -0.119. The monoisotopic (exact) mass is 429 g/mol. The largest absolute Gasteiger partial charge is 0.445 e. The number of benzene rings is 3. The van der Waals surface area contributed by atoms with E-state index in [2.05, 4.69) is 10.6 Å². The molecule has 0 heterocycles. The molecular weight excluding hydrogens is 406 g/mol. The summed E-state index contributed by atoms with van der Waals surface area (Å²) < 4.78 is 10.9. The van der Waals surface area contributed by atoms with Crippen molar-refractivity contribution in [3.05, 3.63) is 102 Å². The summed E-state index contributed by atoms with van der Waals surface area (Å²) in [4.78, 5) is 25.1. The highest BCUT2D eigenvalue weighted by Crippen LogP contribution is 2.10. The standard InChI is InChI=1S/C25H23N3O4/c26-15-19-11-13-22(14-12-19)27-24(29)23(18-31-16-20-7-3-1-4-8-20)28-25(30)32-17-21-9-5-2-6-10-21/h1-14,23H,16-18H2,(H,27,29)(H,28,30)/t23-/m0/s1. The van der Waals surface area contributed by atoms with Crippen molar-refractivity contribution in [3.8, 4) is 6.07 Å². The van der Waals surface area contributed by atoms with Gasteiger partial charge in [-0.05, 0) is 35.4 Å². The number of anilines is 1. The molecule has 0 aliphatic rings. The van der Waals surface area contributed by atoms with E-state index < -0.39 is 18.0 Å². The number of nitrogens with one attached hydrogen (secondary N) is 2. The van der Waals surface area contributed by atoms with Crippen LogP contribution in [0.2, 0.25) is 0 Å². The van der Waals surface area contributed by atoms with Crippen LogP contribution in [0, 0.1) is 11.3 Å². The Morgan fingerprint density at radius 3 is 2.03 bits per heavy atom. The molecule has 7 heteroatoms. The summed E-state index contributed by atoms with van der Waals surface area (Å²) in [6, 6.07) is 26.2. The normalized spacial score (nSPS) is 11.1. The van der Waals surface area contributed by atoms with Crippen molar-refractivity contribution in [2.24, 2.45) is 0 Å². The maximum absolute atomic E-state index is 12.8. The van der Waals surface area contributed by atoms with E-state index in [1.807, 2.05) is 66.7 Å². The minimum absolute atomic E-state index is 0.0442. The van der Waals surface area contributed by atoms with Gasteiger partial charge in [-0.3, -0.25) is 4.79 Å². The third kappa shape index (κ3) is 7.27. The van der Waals surface area contributed by atoms with E-state index in [-0.39, 0.29) is 13.2 Å².